The minimum atomic E-state index is -1.17. The fourth-order valence-electron chi connectivity index (χ4n) is 3.06. The van der Waals surface area contributed by atoms with Gasteiger partial charge in [-0.1, -0.05) is 12.1 Å². The number of nitrogens with two attached hydrogens (primary N) is 1. The zero-order valence-electron chi connectivity index (χ0n) is 16.4. The number of nitrogen functional groups attached to an aromatic ring is 1. The molecule has 0 saturated carbocycles. The maximum atomic E-state index is 14.7. The second kappa shape index (κ2) is 8.62. The molecule has 3 aromatic rings. The molecule has 0 aliphatic carbocycles. The molecule has 0 atom stereocenters. The third-order valence-corrected chi connectivity index (χ3v) is 4.65. The molecule has 3 aromatic carbocycles. The van der Waals surface area contributed by atoms with Gasteiger partial charge in [0.25, 0.3) is 5.91 Å². The summed E-state index contributed by atoms with van der Waals surface area (Å²) in [6.07, 6.45) is 0.687. The van der Waals surface area contributed by atoms with Gasteiger partial charge in [0.1, 0.15) is 22.9 Å². The van der Waals surface area contributed by atoms with E-state index < -0.39 is 23.1 Å². The molecule has 31 heavy (non-hydrogen) atoms. The van der Waals surface area contributed by atoms with Gasteiger partial charge in [0.05, 0.1) is 11.3 Å². The number of carbonyl (C=O) groups excluding carboxylic acids is 1. The quantitative estimate of drug-likeness (QED) is 0.264. The van der Waals surface area contributed by atoms with E-state index >= 15 is 0 Å². The summed E-state index contributed by atoms with van der Waals surface area (Å²) in [5.41, 5.74) is 5.60. The number of para-hydroxylation sites is 1. The lowest BCUT2D eigenvalue weighted by Crippen LogP contribution is -2.18. The highest BCUT2D eigenvalue weighted by Gasteiger charge is 2.23. The van der Waals surface area contributed by atoms with Gasteiger partial charge in [-0.05, 0) is 36.4 Å². The zero-order valence-corrected chi connectivity index (χ0v) is 16.4. The first-order valence-corrected chi connectivity index (χ1v) is 9.06. The monoisotopic (exact) mass is 423 g/mol. The van der Waals surface area contributed by atoms with Gasteiger partial charge in [0.2, 0.25) is 0 Å². The molecule has 0 aliphatic rings. The Balaban J connectivity index is 1.97. The highest BCUT2D eigenvalue weighted by molar-refractivity contribution is 6.16. The van der Waals surface area contributed by atoms with E-state index in [1.165, 1.54) is 37.4 Å². The van der Waals surface area contributed by atoms with Gasteiger partial charge in [-0.3, -0.25) is 10.2 Å². The van der Waals surface area contributed by atoms with Crippen LogP contribution in [0.2, 0.25) is 0 Å². The fourth-order valence-corrected chi connectivity index (χ4v) is 3.06. The van der Waals surface area contributed by atoms with Crippen LogP contribution in [-0.4, -0.2) is 30.0 Å². The molecule has 158 valence electrons. The van der Waals surface area contributed by atoms with Gasteiger partial charge in [0, 0.05) is 41.5 Å². The topological polar surface area (TPSA) is 135 Å². The zero-order chi connectivity index (χ0) is 22.7. The van der Waals surface area contributed by atoms with Crippen LogP contribution in [0.25, 0.3) is 0 Å². The number of amides is 1. The Morgan fingerprint density at radius 3 is 2.48 bits per heavy atom. The second-order valence-corrected chi connectivity index (χ2v) is 6.55. The summed E-state index contributed by atoms with van der Waals surface area (Å²) >= 11 is 0. The van der Waals surface area contributed by atoms with Crippen molar-refractivity contribution in [3.63, 3.8) is 0 Å². The summed E-state index contributed by atoms with van der Waals surface area (Å²) in [6.45, 7) is 0. The van der Waals surface area contributed by atoms with Crippen LogP contribution in [0.4, 0.5) is 25.8 Å². The highest BCUT2D eigenvalue weighted by atomic mass is 19.1. The average molecular weight is 423 g/mol. The van der Waals surface area contributed by atoms with Gasteiger partial charge in [-0.25, -0.2) is 8.78 Å². The maximum Gasteiger partial charge on any atom is 0.261 e. The molecule has 0 radical (unpaired) electrons. The molecule has 9 heteroatoms. The van der Waals surface area contributed by atoms with Crippen molar-refractivity contribution in [2.45, 2.75) is 0 Å². The van der Waals surface area contributed by atoms with E-state index in [9.17, 15) is 18.7 Å². The van der Waals surface area contributed by atoms with Gasteiger partial charge in [0.15, 0.2) is 0 Å². The molecule has 0 spiro atoms. The van der Waals surface area contributed by atoms with Crippen molar-refractivity contribution in [1.82, 2.24) is 0 Å². The standard InChI is InChI=1S/C22H19F2N5O2/c1-28-17-9-15(23)19(20(24)14(17)10-25)22(31)29-11-6-7-16(26)13(8-11)21(27)12-4-2-3-5-18(12)30/h2-10,25,27-28,30H,26H2,1H3,(H,29,31). The van der Waals surface area contributed by atoms with E-state index in [1.807, 2.05) is 0 Å². The molecule has 0 fully saturated rings. The highest BCUT2D eigenvalue weighted by Crippen LogP contribution is 2.27. The fraction of sp³-hybridized carbons (Fsp3) is 0.0455. The molecule has 0 aromatic heterocycles. The lowest BCUT2D eigenvalue weighted by Gasteiger charge is -2.14. The van der Waals surface area contributed by atoms with Crippen LogP contribution >= 0.6 is 0 Å². The Morgan fingerprint density at radius 2 is 1.84 bits per heavy atom. The first kappa shape index (κ1) is 21.4. The molecule has 0 saturated heterocycles. The number of benzene rings is 3. The summed E-state index contributed by atoms with van der Waals surface area (Å²) in [6, 6.07) is 11.4. The van der Waals surface area contributed by atoms with Crippen LogP contribution in [-0.2, 0) is 0 Å². The van der Waals surface area contributed by atoms with Gasteiger partial charge >= 0.3 is 0 Å². The molecule has 7 N–H and O–H groups in total. The lowest BCUT2D eigenvalue weighted by molar-refractivity contribution is 0.101. The van der Waals surface area contributed by atoms with Crippen LogP contribution in [0.5, 0.6) is 5.75 Å². The molecule has 0 unspecified atom stereocenters. The number of carbonyl (C=O) groups is 1. The van der Waals surface area contributed by atoms with Crippen LogP contribution in [0.15, 0.2) is 48.5 Å². The summed E-state index contributed by atoms with van der Waals surface area (Å²) in [7, 11) is 1.44. The van der Waals surface area contributed by atoms with Crippen molar-refractivity contribution in [2.24, 2.45) is 0 Å². The Kier molecular flexibility index (Phi) is 5.96. The minimum absolute atomic E-state index is 0.0347. The summed E-state index contributed by atoms with van der Waals surface area (Å²) in [4.78, 5) is 12.6. The molecule has 0 aliphatic heterocycles. The van der Waals surface area contributed by atoms with Gasteiger partial charge in [-0.2, -0.15) is 0 Å². The molecule has 7 nitrogen and oxygen atoms in total. The number of hydrogen-bond acceptors (Lipinski definition) is 6. The van der Waals surface area contributed by atoms with E-state index in [0.29, 0.717) is 6.21 Å². The first-order chi connectivity index (χ1) is 14.8. The predicted octanol–water partition coefficient (Wildman–Crippen LogP) is 3.96. The number of rotatable bonds is 6. The molecule has 0 bridgehead atoms. The summed E-state index contributed by atoms with van der Waals surface area (Å²) in [5.74, 6) is -3.45. The summed E-state index contributed by atoms with van der Waals surface area (Å²) in [5, 5.41) is 30.6. The number of aromatic hydroxyl groups is 1. The maximum absolute atomic E-state index is 14.7. The molecule has 1 amide bonds. The van der Waals surface area contributed by atoms with Crippen molar-refractivity contribution in [3.05, 3.63) is 82.4 Å². The van der Waals surface area contributed by atoms with E-state index in [1.54, 1.807) is 12.1 Å². The van der Waals surface area contributed by atoms with Gasteiger partial charge in [-0.15, -0.1) is 0 Å². The Morgan fingerprint density at radius 1 is 1.13 bits per heavy atom. The van der Waals surface area contributed by atoms with Crippen molar-refractivity contribution < 1.29 is 18.7 Å². The Bertz CT molecular complexity index is 1210. The largest absolute Gasteiger partial charge is 0.507 e. The normalized spacial score (nSPS) is 10.4. The number of halogens is 2. The van der Waals surface area contributed by atoms with Crippen LogP contribution in [0, 0.1) is 22.5 Å². The van der Waals surface area contributed by atoms with E-state index in [0.717, 1.165) is 6.07 Å². The number of anilines is 3. The van der Waals surface area contributed by atoms with E-state index in [4.69, 9.17) is 16.6 Å². The molecular weight excluding hydrogens is 404 g/mol. The van der Waals surface area contributed by atoms with Crippen molar-refractivity contribution in [2.75, 3.05) is 23.4 Å². The second-order valence-electron chi connectivity index (χ2n) is 6.55. The molecular formula is C22H19F2N5O2. The average Bonchev–Trinajstić information content (AvgIpc) is 2.74. The smallest absolute Gasteiger partial charge is 0.261 e. The van der Waals surface area contributed by atoms with Crippen molar-refractivity contribution >= 4 is 34.9 Å². The third-order valence-electron chi connectivity index (χ3n) is 4.65. The number of phenolic OH excluding ortho intramolecular Hbond substituents is 1. The first-order valence-electron chi connectivity index (χ1n) is 9.06. The minimum Gasteiger partial charge on any atom is -0.507 e. The van der Waals surface area contributed by atoms with E-state index in [-0.39, 0.29) is 45.2 Å². The van der Waals surface area contributed by atoms with Crippen molar-refractivity contribution in [3.8, 4) is 5.75 Å². The number of nitrogens with one attached hydrogen (secondary N) is 4. The predicted molar refractivity (Wildman–Crippen MR) is 117 cm³/mol. The molecule has 0 heterocycles. The van der Waals surface area contributed by atoms with Crippen molar-refractivity contribution in [1.29, 1.82) is 10.8 Å². The number of phenols is 1. The van der Waals surface area contributed by atoms with Crippen LogP contribution < -0.4 is 16.4 Å². The van der Waals surface area contributed by atoms with Crippen LogP contribution in [0.3, 0.4) is 0 Å². The SMILES string of the molecule is CNc1cc(F)c(C(=O)Nc2ccc(N)c(C(=N)c3ccccc3O)c2)c(F)c1C=N. The van der Waals surface area contributed by atoms with Gasteiger partial charge < -0.3 is 26.9 Å². The molecule has 3 rings (SSSR count). The lowest BCUT2D eigenvalue weighted by atomic mass is 9.99. The Labute approximate surface area is 176 Å². The van der Waals surface area contributed by atoms with E-state index in [2.05, 4.69) is 10.6 Å². The number of hydrogen-bond donors (Lipinski definition) is 6. The van der Waals surface area contributed by atoms with Crippen LogP contribution in [0.1, 0.15) is 27.0 Å². The summed E-state index contributed by atoms with van der Waals surface area (Å²) < 4.78 is 29.1. The third kappa shape index (κ3) is 4.06. The Hall–Kier alpha value is -4.27.